The Kier molecular flexibility index (Phi) is 6.03. The molecule has 3 aromatic rings. The van der Waals surface area contributed by atoms with Crippen molar-refractivity contribution in [1.29, 1.82) is 0 Å². The maximum atomic E-state index is 12.3. The summed E-state index contributed by atoms with van der Waals surface area (Å²) in [7, 11) is 3.14. The number of aromatic nitrogens is 2. The van der Waals surface area contributed by atoms with Crippen LogP contribution in [0.2, 0.25) is 0 Å². The van der Waals surface area contributed by atoms with Crippen LogP contribution in [0.3, 0.4) is 0 Å². The second kappa shape index (κ2) is 8.83. The molecule has 148 valence electrons. The third-order valence-corrected chi connectivity index (χ3v) is 4.12. The van der Waals surface area contributed by atoms with Crippen LogP contribution in [0, 0.1) is 0 Å². The zero-order valence-electron chi connectivity index (χ0n) is 16.2. The van der Waals surface area contributed by atoms with Crippen molar-refractivity contribution in [2.24, 2.45) is 0 Å². The van der Waals surface area contributed by atoms with Gasteiger partial charge in [0, 0.05) is 17.3 Å². The summed E-state index contributed by atoms with van der Waals surface area (Å²) in [5.74, 6) is 1.28. The van der Waals surface area contributed by atoms with E-state index < -0.39 is 5.91 Å². The van der Waals surface area contributed by atoms with Crippen molar-refractivity contribution in [2.75, 3.05) is 24.9 Å². The van der Waals surface area contributed by atoms with Gasteiger partial charge in [0.2, 0.25) is 0 Å². The molecule has 8 nitrogen and oxygen atoms in total. The normalized spacial score (nSPS) is 10.2. The van der Waals surface area contributed by atoms with Crippen LogP contribution in [-0.2, 0) is 0 Å². The van der Waals surface area contributed by atoms with Gasteiger partial charge in [0.25, 0.3) is 5.91 Å². The number of rotatable bonds is 7. The summed E-state index contributed by atoms with van der Waals surface area (Å²) < 4.78 is 10.5. The fourth-order valence-corrected chi connectivity index (χ4v) is 2.55. The first-order valence-corrected chi connectivity index (χ1v) is 8.75. The van der Waals surface area contributed by atoms with Crippen molar-refractivity contribution in [3.8, 4) is 11.5 Å². The monoisotopic (exact) mass is 392 g/mol. The third kappa shape index (κ3) is 4.86. The van der Waals surface area contributed by atoms with Crippen LogP contribution >= 0.6 is 0 Å². The minimum Gasteiger partial charge on any atom is -0.497 e. The van der Waals surface area contributed by atoms with Gasteiger partial charge in [0.1, 0.15) is 11.5 Å². The largest absolute Gasteiger partial charge is 0.497 e. The number of benzene rings is 2. The Morgan fingerprint density at radius 3 is 2.24 bits per heavy atom. The number of anilines is 3. The van der Waals surface area contributed by atoms with Gasteiger partial charge < -0.3 is 20.1 Å². The Labute approximate surface area is 167 Å². The number of carbonyl (C=O) groups excluding carboxylic acids is 2. The summed E-state index contributed by atoms with van der Waals surface area (Å²) in [5.41, 5.74) is 1.95. The van der Waals surface area contributed by atoms with Gasteiger partial charge >= 0.3 is 0 Å². The van der Waals surface area contributed by atoms with E-state index in [0.29, 0.717) is 34.3 Å². The molecule has 0 saturated heterocycles. The summed E-state index contributed by atoms with van der Waals surface area (Å²) in [4.78, 5) is 23.7. The van der Waals surface area contributed by atoms with Crippen molar-refractivity contribution < 1.29 is 19.1 Å². The van der Waals surface area contributed by atoms with Gasteiger partial charge in [0.05, 0.1) is 19.9 Å². The molecule has 0 fully saturated rings. The maximum Gasteiger partial charge on any atom is 0.276 e. The van der Waals surface area contributed by atoms with Crippen LogP contribution in [0.15, 0.2) is 54.6 Å². The lowest BCUT2D eigenvalue weighted by Crippen LogP contribution is -2.14. The van der Waals surface area contributed by atoms with Crippen molar-refractivity contribution in [1.82, 2.24) is 10.2 Å². The molecule has 8 heteroatoms. The maximum absolute atomic E-state index is 12.3. The molecule has 1 heterocycles. The topological polar surface area (TPSA) is 102 Å². The van der Waals surface area contributed by atoms with E-state index in [1.807, 2.05) is 0 Å². The Morgan fingerprint density at radius 2 is 1.66 bits per heavy atom. The molecular weight excluding hydrogens is 372 g/mol. The van der Waals surface area contributed by atoms with Crippen molar-refractivity contribution in [2.45, 2.75) is 6.92 Å². The second-order valence-corrected chi connectivity index (χ2v) is 6.08. The van der Waals surface area contributed by atoms with Gasteiger partial charge in [-0.05, 0) is 55.5 Å². The summed E-state index contributed by atoms with van der Waals surface area (Å²) in [5, 5.41) is 13.8. The highest BCUT2D eigenvalue weighted by atomic mass is 16.5. The second-order valence-electron chi connectivity index (χ2n) is 6.08. The Hall–Kier alpha value is -3.94. The summed E-state index contributed by atoms with van der Waals surface area (Å²) >= 11 is 0. The molecule has 0 unspecified atom stereocenters. The van der Waals surface area contributed by atoms with Crippen molar-refractivity contribution in [3.63, 3.8) is 0 Å². The van der Waals surface area contributed by atoms with Gasteiger partial charge in [-0.3, -0.25) is 9.59 Å². The number of carbonyl (C=O) groups is 2. The number of Topliss-reactive ketones (excluding diaryl/α,β-unsaturated/α-hetero) is 1. The molecule has 0 radical (unpaired) electrons. The number of nitrogens with one attached hydrogen (secondary N) is 2. The molecule has 1 amide bonds. The molecule has 0 spiro atoms. The Balaban J connectivity index is 1.70. The van der Waals surface area contributed by atoms with Gasteiger partial charge in [-0.2, -0.15) is 0 Å². The van der Waals surface area contributed by atoms with E-state index in [0.717, 1.165) is 0 Å². The zero-order chi connectivity index (χ0) is 20.8. The smallest absolute Gasteiger partial charge is 0.276 e. The van der Waals surface area contributed by atoms with Crippen LogP contribution in [0.4, 0.5) is 17.2 Å². The van der Waals surface area contributed by atoms with Crippen LogP contribution in [0.5, 0.6) is 11.5 Å². The zero-order valence-corrected chi connectivity index (χ0v) is 16.2. The van der Waals surface area contributed by atoms with E-state index in [1.165, 1.54) is 6.92 Å². The van der Waals surface area contributed by atoms with Crippen molar-refractivity contribution in [3.05, 3.63) is 65.9 Å². The quantitative estimate of drug-likeness (QED) is 0.591. The van der Waals surface area contributed by atoms with Crippen LogP contribution in [0.1, 0.15) is 27.8 Å². The molecule has 2 N–H and O–H groups in total. The molecule has 0 aliphatic heterocycles. The fraction of sp³-hybridized carbons (Fsp3) is 0.143. The first-order valence-electron chi connectivity index (χ1n) is 8.75. The molecule has 0 saturated carbocycles. The highest BCUT2D eigenvalue weighted by molar-refractivity contribution is 6.03. The third-order valence-electron chi connectivity index (χ3n) is 4.12. The fourth-order valence-electron chi connectivity index (χ4n) is 2.55. The van der Waals surface area contributed by atoms with Crippen LogP contribution in [-0.4, -0.2) is 36.1 Å². The van der Waals surface area contributed by atoms with E-state index in [9.17, 15) is 9.59 Å². The number of hydrogen-bond acceptors (Lipinski definition) is 7. The first-order chi connectivity index (χ1) is 14.0. The number of ether oxygens (including phenoxy) is 2. The van der Waals surface area contributed by atoms with Gasteiger partial charge in [0.15, 0.2) is 17.3 Å². The number of ketones is 1. The number of nitrogens with zero attached hydrogens (tertiary/aromatic N) is 2. The molecule has 0 aliphatic carbocycles. The summed E-state index contributed by atoms with van der Waals surface area (Å²) in [6, 6.07) is 15.1. The number of methoxy groups -OCH3 is 2. The molecule has 29 heavy (non-hydrogen) atoms. The minimum atomic E-state index is -0.404. The molecule has 3 rings (SSSR count). The van der Waals surface area contributed by atoms with Gasteiger partial charge in [-0.15, -0.1) is 10.2 Å². The average molecular weight is 392 g/mol. The van der Waals surface area contributed by atoms with E-state index in [1.54, 1.807) is 68.8 Å². The number of amides is 1. The lowest BCUT2D eigenvalue weighted by molar-refractivity contribution is 0.101. The summed E-state index contributed by atoms with van der Waals surface area (Å²) in [6.45, 7) is 1.49. The van der Waals surface area contributed by atoms with E-state index in [4.69, 9.17) is 9.47 Å². The SMILES string of the molecule is COc1ccc(OC)c(Nc2ccc(C(=O)Nc3ccc(C(C)=O)cc3)nn2)c1. The molecule has 1 aromatic heterocycles. The first kappa shape index (κ1) is 19.8. The van der Waals surface area contributed by atoms with Crippen molar-refractivity contribution >= 4 is 28.9 Å². The lowest BCUT2D eigenvalue weighted by Gasteiger charge is -2.12. The van der Waals surface area contributed by atoms with Crippen LogP contribution in [0.25, 0.3) is 0 Å². The van der Waals surface area contributed by atoms with Gasteiger partial charge in [-0.25, -0.2) is 0 Å². The average Bonchev–Trinajstić information content (AvgIpc) is 2.74. The standard InChI is InChI=1S/C21H20N4O4/c1-13(26)14-4-6-15(7-5-14)22-21(27)17-9-11-20(25-24-17)23-18-12-16(28-2)8-10-19(18)29-3/h4-12H,1-3H3,(H,22,27)(H,23,25). The van der Waals surface area contributed by atoms with E-state index in [-0.39, 0.29) is 11.5 Å². The molecule has 2 aromatic carbocycles. The molecule has 0 atom stereocenters. The molecule has 0 aliphatic rings. The predicted octanol–water partition coefficient (Wildman–Crippen LogP) is 3.69. The number of hydrogen-bond donors (Lipinski definition) is 2. The molecular formula is C21H20N4O4. The predicted molar refractivity (Wildman–Crippen MR) is 109 cm³/mol. The minimum absolute atomic E-state index is 0.0375. The molecule has 0 bridgehead atoms. The Morgan fingerprint density at radius 1 is 0.897 bits per heavy atom. The van der Waals surface area contributed by atoms with Crippen LogP contribution < -0.4 is 20.1 Å². The highest BCUT2D eigenvalue weighted by Crippen LogP contribution is 2.30. The Bertz CT molecular complexity index is 1020. The van der Waals surface area contributed by atoms with E-state index >= 15 is 0 Å². The van der Waals surface area contributed by atoms with E-state index in [2.05, 4.69) is 20.8 Å². The van der Waals surface area contributed by atoms with Gasteiger partial charge in [-0.1, -0.05) is 0 Å². The summed E-state index contributed by atoms with van der Waals surface area (Å²) in [6.07, 6.45) is 0. The lowest BCUT2D eigenvalue weighted by atomic mass is 10.1. The highest BCUT2D eigenvalue weighted by Gasteiger charge is 2.11.